The molecule has 1 fully saturated rings. The zero-order valence-corrected chi connectivity index (χ0v) is 10.3. The molecule has 3 unspecified atom stereocenters. The van der Waals surface area contributed by atoms with Crippen molar-refractivity contribution in [2.24, 2.45) is 5.92 Å². The van der Waals surface area contributed by atoms with Crippen LogP contribution in [0.1, 0.15) is 47.0 Å². The Morgan fingerprint density at radius 1 is 1.33 bits per heavy atom. The molecule has 0 aromatic rings. The fraction of sp³-hybridized carbons (Fsp3) is 0.917. The Balaban J connectivity index is 2.25. The number of hydrogen-bond donors (Lipinski definition) is 2. The van der Waals surface area contributed by atoms with Gasteiger partial charge in [0.15, 0.2) is 0 Å². The zero-order chi connectivity index (χ0) is 11.4. The van der Waals surface area contributed by atoms with Crippen LogP contribution in [0.5, 0.6) is 0 Å². The maximum Gasteiger partial charge on any atom is 0.237 e. The highest BCUT2D eigenvalue weighted by Crippen LogP contribution is 2.32. The van der Waals surface area contributed by atoms with Gasteiger partial charge in [-0.25, -0.2) is 0 Å². The molecule has 1 aliphatic rings. The minimum atomic E-state index is -0.0744. The van der Waals surface area contributed by atoms with E-state index >= 15 is 0 Å². The topological polar surface area (TPSA) is 41.1 Å². The number of carbonyl (C=O) groups is 1. The van der Waals surface area contributed by atoms with E-state index in [9.17, 15) is 4.79 Å². The smallest absolute Gasteiger partial charge is 0.237 e. The summed E-state index contributed by atoms with van der Waals surface area (Å²) in [4.78, 5) is 11.7. The van der Waals surface area contributed by atoms with E-state index in [0.717, 1.165) is 12.3 Å². The molecule has 2 N–H and O–H groups in total. The maximum absolute atomic E-state index is 11.7. The van der Waals surface area contributed by atoms with Crippen molar-refractivity contribution in [3.8, 4) is 0 Å². The third kappa shape index (κ3) is 4.20. The molecule has 0 aliphatic heterocycles. The summed E-state index contributed by atoms with van der Waals surface area (Å²) in [6.07, 6.45) is 3.61. The molecule has 15 heavy (non-hydrogen) atoms. The second-order valence-electron chi connectivity index (χ2n) is 4.83. The van der Waals surface area contributed by atoms with Crippen LogP contribution >= 0.6 is 0 Å². The first-order valence-corrected chi connectivity index (χ1v) is 6.11. The first-order chi connectivity index (χ1) is 7.04. The quantitative estimate of drug-likeness (QED) is 0.703. The summed E-state index contributed by atoms with van der Waals surface area (Å²) >= 11 is 0. The average molecular weight is 212 g/mol. The van der Waals surface area contributed by atoms with E-state index in [4.69, 9.17) is 0 Å². The molecule has 88 valence electrons. The lowest BCUT2D eigenvalue weighted by atomic mass is 10.1. The summed E-state index contributed by atoms with van der Waals surface area (Å²) < 4.78 is 0. The van der Waals surface area contributed by atoms with Gasteiger partial charge in [0.1, 0.15) is 0 Å². The van der Waals surface area contributed by atoms with Crippen molar-refractivity contribution in [2.45, 2.75) is 65.1 Å². The molecule has 0 radical (unpaired) electrons. The lowest BCUT2D eigenvalue weighted by Crippen LogP contribution is -2.48. The Morgan fingerprint density at radius 3 is 2.40 bits per heavy atom. The largest absolute Gasteiger partial charge is 0.352 e. The third-order valence-corrected chi connectivity index (χ3v) is 3.24. The Bertz CT molecular complexity index is 214. The van der Waals surface area contributed by atoms with E-state index < -0.39 is 0 Å². The summed E-state index contributed by atoms with van der Waals surface area (Å²) in [5.41, 5.74) is 0. The number of carbonyl (C=O) groups excluding carboxylic acids is 1. The fourth-order valence-corrected chi connectivity index (χ4v) is 1.67. The van der Waals surface area contributed by atoms with Crippen LogP contribution in [0.15, 0.2) is 0 Å². The monoisotopic (exact) mass is 212 g/mol. The molecule has 0 bridgehead atoms. The molecule has 1 rings (SSSR count). The second-order valence-corrected chi connectivity index (χ2v) is 4.83. The fourth-order valence-electron chi connectivity index (χ4n) is 1.67. The molecule has 3 atom stereocenters. The first kappa shape index (κ1) is 12.5. The molecule has 0 aromatic heterocycles. The van der Waals surface area contributed by atoms with Crippen LogP contribution < -0.4 is 10.6 Å². The van der Waals surface area contributed by atoms with Gasteiger partial charge >= 0.3 is 0 Å². The van der Waals surface area contributed by atoms with E-state index in [1.165, 1.54) is 12.8 Å². The molecule has 1 amide bonds. The highest BCUT2D eigenvalue weighted by atomic mass is 16.2. The van der Waals surface area contributed by atoms with Crippen molar-refractivity contribution in [3.63, 3.8) is 0 Å². The lowest BCUT2D eigenvalue weighted by Gasteiger charge is -2.21. The van der Waals surface area contributed by atoms with Gasteiger partial charge in [0.25, 0.3) is 0 Å². The molecule has 3 heteroatoms. The van der Waals surface area contributed by atoms with Gasteiger partial charge in [0, 0.05) is 12.1 Å². The van der Waals surface area contributed by atoms with E-state index in [1.807, 2.05) is 13.8 Å². The summed E-state index contributed by atoms with van der Waals surface area (Å²) in [6.45, 7) is 8.23. The van der Waals surface area contributed by atoms with Gasteiger partial charge in [-0.05, 0) is 46.0 Å². The molecular weight excluding hydrogens is 188 g/mol. The van der Waals surface area contributed by atoms with Gasteiger partial charge in [-0.15, -0.1) is 0 Å². The highest BCUT2D eigenvalue weighted by Gasteiger charge is 2.29. The van der Waals surface area contributed by atoms with Crippen molar-refractivity contribution in [1.82, 2.24) is 10.6 Å². The lowest BCUT2D eigenvalue weighted by molar-refractivity contribution is -0.123. The summed E-state index contributed by atoms with van der Waals surface area (Å²) in [5, 5.41) is 6.35. The van der Waals surface area contributed by atoms with E-state index in [-0.39, 0.29) is 18.0 Å². The van der Waals surface area contributed by atoms with Gasteiger partial charge in [-0.1, -0.05) is 6.92 Å². The van der Waals surface area contributed by atoms with Gasteiger partial charge in [-0.2, -0.15) is 0 Å². The SMILES string of the molecule is CCC(C)NC(=O)C(C)NC(C)C1CC1. The number of amides is 1. The number of nitrogens with one attached hydrogen (secondary N) is 2. The zero-order valence-electron chi connectivity index (χ0n) is 10.3. The number of hydrogen-bond acceptors (Lipinski definition) is 2. The van der Waals surface area contributed by atoms with Gasteiger partial charge in [0.05, 0.1) is 6.04 Å². The predicted octanol–water partition coefficient (Wildman–Crippen LogP) is 1.68. The Morgan fingerprint density at radius 2 is 1.93 bits per heavy atom. The van der Waals surface area contributed by atoms with Crippen LogP contribution in [0.3, 0.4) is 0 Å². The van der Waals surface area contributed by atoms with Crippen molar-refractivity contribution < 1.29 is 4.79 Å². The van der Waals surface area contributed by atoms with Gasteiger partial charge in [0.2, 0.25) is 5.91 Å². The van der Waals surface area contributed by atoms with Crippen molar-refractivity contribution in [1.29, 1.82) is 0 Å². The van der Waals surface area contributed by atoms with Crippen LogP contribution in [-0.2, 0) is 4.79 Å². The average Bonchev–Trinajstić information content (AvgIpc) is 3.00. The van der Waals surface area contributed by atoms with Crippen LogP contribution in [0.2, 0.25) is 0 Å². The standard InChI is InChI=1S/C12H24N2O/c1-5-8(2)13-12(15)10(4)14-9(3)11-6-7-11/h8-11,14H,5-7H2,1-4H3,(H,13,15). The van der Waals surface area contributed by atoms with E-state index in [1.54, 1.807) is 0 Å². The molecule has 1 saturated carbocycles. The minimum Gasteiger partial charge on any atom is -0.352 e. The van der Waals surface area contributed by atoms with Crippen LogP contribution in [0.4, 0.5) is 0 Å². The van der Waals surface area contributed by atoms with Crippen molar-refractivity contribution >= 4 is 5.91 Å². The summed E-state index contributed by atoms with van der Waals surface area (Å²) in [5.74, 6) is 0.917. The third-order valence-electron chi connectivity index (χ3n) is 3.24. The normalized spacial score (nSPS) is 21.9. The summed E-state index contributed by atoms with van der Waals surface area (Å²) in [6, 6.07) is 0.676. The van der Waals surface area contributed by atoms with Crippen molar-refractivity contribution in [2.75, 3.05) is 0 Å². The molecule has 3 nitrogen and oxygen atoms in total. The maximum atomic E-state index is 11.7. The van der Waals surface area contributed by atoms with Gasteiger partial charge in [-0.3, -0.25) is 4.79 Å². The molecule has 0 saturated heterocycles. The van der Waals surface area contributed by atoms with Crippen LogP contribution in [-0.4, -0.2) is 24.0 Å². The molecular formula is C12H24N2O. The molecule has 1 aliphatic carbocycles. The Labute approximate surface area is 93.0 Å². The molecule has 0 heterocycles. The summed E-state index contributed by atoms with van der Waals surface area (Å²) in [7, 11) is 0. The Hall–Kier alpha value is -0.570. The minimum absolute atomic E-state index is 0.0744. The Kier molecular flexibility index (Phi) is 4.58. The van der Waals surface area contributed by atoms with Crippen molar-refractivity contribution in [3.05, 3.63) is 0 Å². The molecule has 0 aromatic carbocycles. The number of rotatable bonds is 6. The van der Waals surface area contributed by atoms with E-state index in [0.29, 0.717) is 6.04 Å². The van der Waals surface area contributed by atoms with Crippen LogP contribution in [0.25, 0.3) is 0 Å². The molecule has 0 spiro atoms. The second kappa shape index (κ2) is 5.50. The predicted molar refractivity (Wildman–Crippen MR) is 62.7 cm³/mol. The van der Waals surface area contributed by atoms with E-state index in [2.05, 4.69) is 24.5 Å². The van der Waals surface area contributed by atoms with Gasteiger partial charge < -0.3 is 10.6 Å². The highest BCUT2D eigenvalue weighted by molar-refractivity contribution is 5.81. The first-order valence-electron chi connectivity index (χ1n) is 6.11. The van der Waals surface area contributed by atoms with Crippen LogP contribution in [0, 0.1) is 5.92 Å².